The number of hydrogen-bond donors (Lipinski definition) is 1. The molecule has 0 spiro atoms. The standard InChI is InChI=1S/C17H16FN3O/c18-7-1-9-22-16-4-5-17(20-12-16)21-15-3-2-14-11-19-8-6-13(14)10-15/h2-6,8,10-12H,1,7,9H2,(H,20,21). The van der Waals surface area contributed by atoms with Crippen molar-refractivity contribution >= 4 is 22.3 Å². The van der Waals surface area contributed by atoms with Gasteiger partial charge >= 0.3 is 0 Å². The maximum atomic E-state index is 12.0. The van der Waals surface area contributed by atoms with E-state index in [1.807, 2.05) is 42.6 Å². The molecule has 1 aromatic carbocycles. The van der Waals surface area contributed by atoms with Crippen LogP contribution in [0.1, 0.15) is 6.42 Å². The second-order valence-corrected chi connectivity index (χ2v) is 4.83. The third kappa shape index (κ3) is 3.49. The van der Waals surface area contributed by atoms with E-state index in [0.717, 1.165) is 22.3 Å². The van der Waals surface area contributed by atoms with Crippen molar-refractivity contribution < 1.29 is 9.13 Å². The zero-order valence-electron chi connectivity index (χ0n) is 12.0. The Labute approximate surface area is 128 Å². The minimum atomic E-state index is -0.370. The van der Waals surface area contributed by atoms with Crippen molar-refractivity contribution in [1.29, 1.82) is 0 Å². The SMILES string of the molecule is FCCCOc1ccc(Nc2ccc3cnccc3c2)nc1. The average Bonchev–Trinajstić information content (AvgIpc) is 2.57. The van der Waals surface area contributed by atoms with Crippen molar-refractivity contribution in [3.63, 3.8) is 0 Å². The van der Waals surface area contributed by atoms with Gasteiger partial charge in [0.05, 0.1) is 19.5 Å². The number of pyridine rings is 2. The second-order valence-electron chi connectivity index (χ2n) is 4.83. The molecule has 0 unspecified atom stereocenters. The molecule has 112 valence electrons. The third-order valence-corrected chi connectivity index (χ3v) is 3.20. The summed E-state index contributed by atoms with van der Waals surface area (Å²) in [4.78, 5) is 8.39. The van der Waals surface area contributed by atoms with Crippen molar-refractivity contribution in [2.45, 2.75) is 6.42 Å². The number of halogens is 1. The fourth-order valence-corrected chi connectivity index (χ4v) is 2.09. The van der Waals surface area contributed by atoms with Gasteiger partial charge in [0.2, 0.25) is 0 Å². The van der Waals surface area contributed by atoms with Crippen molar-refractivity contribution in [2.24, 2.45) is 0 Å². The summed E-state index contributed by atoms with van der Waals surface area (Å²) in [6.45, 7) is -0.00574. The number of anilines is 2. The molecule has 0 amide bonds. The molecule has 2 aromatic heterocycles. The van der Waals surface area contributed by atoms with E-state index in [1.165, 1.54) is 0 Å². The Morgan fingerprint density at radius 3 is 2.82 bits per heavy atom. The van der Waals surface area contributed by atoms with Crippen LogP contribution in [0.3, 0.4) is 0 Å². The Bertz CT molecular complexity index is 746. The summed E-state index contributed by atoms with van der Waals surface area (Å²) in [7, 11) is 0. The lowest BCUT2D eigenvalue weighted by Crippen LogP contribution is -1.99. The highest BCUT2D eigenvalue weighted by atomic mass is 19.1. The second kappa shape index (κ2) is 6.85. The molecular weight excluding hydrogens is 281 g/mol. The number of nitrogens with one attached hydrogen (secondary N) is 1. The van der Waals surface area contributed by atoms with Gasteiger partial charge in [-0.3, -0.25) is 9.37 Å². The van der Waals surface area contributed by atoms with Crippen LogP contribution in [0, 0.1) is 0 Å². The van der Waals surface area contributed by atoms with Gasteiger partial charge in [-0.15, -0.1) is 0 Å². The van der Waals surface area contributed by atoms with Crippen molar-refractivity contribution in [3.05, 3.63) is 55.0 Å². The normalized spacial score (nSPS) is 10.6. The number of alkyl halides is 1. The van der Waals surface area contributed by atoms with Crippen molar-refractivity contribution in [1.82, 2.24) is 9.97 Å². The van der Waals surface area contributed by atoms with Gasteiger partial charge in [-0.2, -0.15) is 0 Å². The fraction of sp³-hybridized carbons (Fsp3) is 0.176. The first-order valence-electron chi connectivity index (χ1n) is 7.11. The summed E-state index contributed by atoms with van der Waals surface area (Å²) >= 11 is 0. The number of fused-ring (bicyclic) bond motifs is 1. The summed E-state index contributed by atoms with van der Waals surface area (Å²) < 4.78 is 17.4. The van der Waals surface area contributed by atoms with Gasteiger partial charge < -0.3 is 10.1 Å². The van der Waals surface area contributed by atoms with Gasteiger partial charge in [-0.1, -0.05) is 6.07 Å². The summed E-state index contributed by atoms with van der Waals surface area (Å²) in [5.74, 6) is 1.37. The lowest BCUT2D eigenvalue weighted by molar-refractivity contribution is 0.289. The average molecular weight is 297 g/mol. The number of rotatable bonds is 6. The van der Waals surface area contributed by atoms with Crippen LogP contribution in [0.4, 0.5) is 15.9 Å². The summed E-state index contributed by atoms with van der Waals surface area (Å²) in [5, 5.41) is 5.46. The van der Waals surface area contributed by atoms with Gasteiger partial charge in [0.25, 0.3) is 0 Å². The van der Waals surface area contributed by atoms with Crippen LogP contribution in [0.15, 0.2) is 55.0 Å². The first-order valence-corrected chi connectivity index (χ1v) is 7.11. The van der Waals surface area contributed by atoms with Crippen LogP contribution in [-0.4, -0.2) is 23.2 Å². The van der Waals surface area contributed by atoms with Gasteiger partial charge in [0.15, 0.2) is 0 Å². The van der Waals surface area contributed by atoms with Crippen LogP contribution in [0.2, 0.25) is 0 Å². The summed E-state index contributed by atoms with van der Waals surface area (Å²) in [5.41, 5.74) is 0.956. The monoisotopic (exact) mass is 297 g/mol. The van der Waals surface area contributed by atoms with Gasteiger partial charge in [0.1, 0.15) is 11.6 Å². The number of aromatic nitrogens is 2. The molecule has 0 saturated carbocycles. The van der Waals surface area contributed by atoms with E-state index in [1.54, 1.807) is 12.4 Å². The molecule has 3 rings (SSSR count). The molecule has 0 bridgehead atoms. The first-order chi connectivity index (χ1) is 10.8. The maximum Gasteiger partial charge on any atom is 0.137 e. The summed E-state index contributed by atoms with van der Waals surface area (Å²) in [6, 6.07) is 11.7. The Morgan fingerprint density at radius 2 is 2.00 bits per heavy atom. The summed E-state index contributed by atoms with van der Waals surface area (Å²) in [6.07, 6.45) is 5.63. The first kappa shape index (κ1) is 14.3. The Balaban J connectivity index is 1.68. The maximum absolute atomic E-state index is 12.0. The smallest absolute Gasteiger partial charge is 0.137 e. The van der Waals surface area contributed by atoms with Gasteiger partial charge in [0, 0.05) is 29.9 Å². The molecule has 22 heavy (non-hydrogen) atoms. The molecular formula is C17H16FN3O. The Hall–Kier alpha value is -2.69. The van der Waals surface area contributed by atoms with E-state index in [9.17, 15) is 4.39 Å². The molecule has 4 nitrogen and oxygen atoms in total. The van der Waals surface area contributed by atoms with Gasteiger partial charge in [-0.05, 0) is 35.7 Å². The lowest BCUT2D eigenvalue weighted by Gasteiger charge is -2.08. The predicted octanol–water partition coefficient (Wildman–Crippen LogP) is 4.11. The minimum absolute atomic E-state index is 0.365. The van der Waals surface area contributed by atoms with Crippen LogP contribution < -0.4 is 10.1 Å². The Kier molecular flexibility index (Phi) is 4.44. The molecule has 5 heteroatoms. The highest BCUT2D eigenvalue weighted by Crippen LogP contribution is 2.21. The molecule has 0 saturated heterocycles. The molecule has 0 radical (unpaired) electrons. The molecule has 3 aromatic rings. The quantitative estimate of drug-likeness (QED) is 0.695. The van der Waals surface area contributed by atoms with Crippen LogP contribution in [-0.2, 0) is 0 Å². The van der Waals surface area contributed by atoms with Crippen molar-refractivity contribution in [3.8, 4) is 5.75 Å². The molecule has 0 atom stereocenters. The number of ether oxygens (including phenoxy) is 1. The van der Waals surface area contributed by atoms with E-state index in [4.69, 9.17) is 4.74 Å². The van der Waals surface area contributed by atoms with Crippen molar-refractivity contribution in [2.75, 3.05) is 18.6 Å². The molecule has 0 aliphatic heterocycles. The topological polar surface area (TPSA) is 47.0 Å². The molecule has 0 aliphatic carbocycles. The number of benzene rings is 1. The zero-order valence-corrected chi connectivity index (χ0v) is 12.0. The van der Waals surface area contributed by atoms with E-state index >= 15 is 0 Å². The zero-order chi connectivity index (χ0) is 15.2. The fourth-order valence-electron chi connectivity index (χ4n) is 2.09. The molecule has 0 aliphatic rings. The van der Waals surface area contributed by atoms with Crippen LogP contribution >= 0.6 is 0 Å². The third-order valence-electron chi connectivity index (χ3n) is 3.20. The minimum Gasteiger partial charge on any atom is -0.492 e. The Morgan fingerprint density at radius 1 is 1.05 bits per heavy atom. The molecule has 0 fully saturated rings. The van der Waals surface area contributed by atoms with Crippen LogP contribution in [0.25, 0.3) is 10.8 Å². The highest BCUT2D eigenvalue weighted by molar-refractivity contribution is 5.85. The predicted molar refractivity (Wildman–Crippen MR) is 85.3 cm³/mol. The van der Waals surface area contributed by atoms with E-state index in [0.29, 0.717) is 18.8 Å². The molecule has 2 heterocycles. The number of nitrogens with zero attached hydrogens (tertiary/aromatic N) is 2. The lowest BCUT2D eigenvalue weighted by atomic mass is 10.1. The van der Waals surface area contributed by atoms with E-state index < -0.39 is 0 Å². The van der Waals surface area contributed by atoms with E-state index in [-0.39, 0.29) is 6.67 Å². The van der Waals surface area contributed by atoms with Gasteiger partial charge in [-0.25, -0.2) is 4.98 Å². The van der Waals surface area contributed by atoms with Crippen LogP contribution in [0.5, 0.6) is 5.75 Å². The largest absolute Gasteiger partial charge is 0.492 e. The molecule has 1 N–H and O–H groups in total. The van der Waals surface area contributed by atoms with E-state index in [2.05, 4.69) is 15.3 Å². The highest BCUT2D eigenvalue weighted by Gasteiger charge is 2.00. The number of hydrogen-bond acceptors (Lipinski definition) is 4.